The summed E-state index contributed by atoms with van der Waals surface area (Å²) in [6.07, 6.45) is 2.13. The van der Waals surface area contributed by atoms with Crippen molar-refractivity contribution in [3.63, 3.8) is 0 Å². The smallest absolute Gasteiger partial charge is 0.343 e. The molecule has 0 aliphatic rings. The number of halogens is 1. The lowest BCUT2D eigenvalue weighted by molar-refractivity contribution is -0.400. The van der Waals surface area contributed by atoms with Crippen LogP contribution in [0.1, 0.15) is 15.9 Å². The molecule has 0 unspecified atom stereocenters. The van der Waals surface area contributed by atoms with Crippen molar-refractivity contribution < 1.29 is 19.2 Å². The average molecular weight is 378 g/mol. The van der Waals surface area contributed by atoms with Gasteiger partial charge < -0.3 is 9.47 Å². The molecule has 0 saturated heterocycles. The van der Waals surface area contributed by atoms with Crippen LogP contribution in [0.5, 0.6) is 11.5 Å². The maximum Gasteiger partial charge on any atom is 0.343 e. The second-order valence-corrected chi connectivity index (χ2v) is 5.25. The van der Waals surface area contributed by atoms with Gasteiger partial charge in [0.2, 0.25) is 6.20 Å². The molecular formula is C16H12BrNO5. The van der Waals surface area contributed by atoms with Crippen LogP contribution in [0.15, 0.2) is 53.1 Å². The Hall–Kier alpha value is -2.67. The lowest BCUT2D eigenvalue weighted by Crippen LogP contribution is -2.09. The van der Waals surface area contributed by atoms with E-state index in [9.17, 15) is 14.9 Å². The Morgan fingerprint density at radius 2 is 1.96 bits per heavy atom. The number of hydrogen-bond donors (Lipinski definition) is 0. The van der Waals surface area contributed by atoms with Gasteiger partial charge in [-0.15, -0.1) is 0 Å². The number of carbonyl (C=O) groups excluding carboxylic acids is 1. The molecule has 7 heteroatoms. The number of esters is 1. The molecule has 0 atom stereocenters. The van der Waals surface area contributed by atoms with E-state index >= 15 is 0 Å². The number of nitro groups is 1. The molecule has 0 radical (unpaired) electrons. The number of nitrogens with zero attached hydrogens (tertiary/aromatic N) is 1. The Morgan fingerprint density at radius 1 is 1.26 bits per heavy atom. The van der Waals surface area contributed by atoms with Crippen LogP contribution in [0.4, 0.5) is 0 Å². The summed E-state index contributed by atoms with van der Waals surface area (Å²) < 4.78 is 11.0. The largest absolute Gasteiger partial charge is 0.493 e. The molecule has 2 rings (SSSR count). The summed E-state index contributed by atoms with van der Waals surface area (Å²) >= 11 is 3.29. The first-order chi connectivity index (χ1) is 11.0. The van der Waals surface area contributed by atoms with Gasteiger partial charge in [0.05, 0.1) is 22.1 Å². The summed E-state index contributed by atoms with van der Waals surface area (Å²) in [7, 11) is 1.42. The van der Waals surface area contributed by atoms with Crippen molar-refractivity contribution in [3.05, 3.63) is 74.4 Å². The summed E-state index contributed by atoms with van der Waals surface area (Å²) in [4.78, 5) is 22.0. The predicted octanol–water partition coefficient (Wildman–Crippen LogP) is 3.92. The van der Waals surface area contributed by atoms with Gasteiger partial charge in [-0.05, 0) is 45.8 Å². The summed E-state index contributed by atoms with van der Waals surface area (Å²) in [6, 6.07) is 11.7. The van der Waals surface area contributed by atoms with Gasteiger partial charge in [0.1, 0.15) is 0 Å². The second kappa shape index (κ2) is 7.55. The zero-order valence-corrected chi connectivity index (χ0v) is 13.6. The molecule has 0 heterocycles. The van der Waals surface area contributed by atoms with Crippen molar-refractivity contribution >= 4 is 28.0 Å². The standard InChI is InChI=1S/C16H12BrNO5/c1-22-14-10-11(7-8-18(20)21)9-13(17)15(14)23-16(19)12-5-3-2-4-6-12/h2-10H,1H3/b8-7+. The zero-order valence-electron chi connectivity index (χ0n) is 12.1. The molecule has 0 aliphatic heterocycles. The summed E-state index contributed by atoms with van der Waals surface area (Å²) in [6.45, 7) is 0. The van der Waals surface area contributed by atoms with E-state index in [0.717, 1.165) is 6.20 Å². The summed E-state index contributed by atoms with van der Waals surface area (Å²) in [5.74, 6) is -0.0376. The third kappa shape index (κ3) is 4.40. The van der Waals surface area contributed by atoms with Crippen molar-refractivity contribution in [1.29, 1.82) is 0 Å². The lowest BCUT2D eigenvalue weighted by atomic mass is 10.2. The number of ether oxygens (including phenoxy) is 2. The van der Waals surface area contributed by atoms with Crippen LogP contribution in [0.2, 0.25) is 0 Å². The van der Waals surface area contributed by atoms with Crippen LogP contribution in [-0.2, 0) is 0 Å². The van der Waals surface area contributed by atoms with Crippen LogP contribution >= 0.6 is 15.9 Å². The van der Waals surface area contributed by atoms with E-state index in [1.54, 1.807) is 42.5 Å². The Balaban J connectivity index is 2.31. The quantitative estimate of drug-likeness (QED) is 0.341. The SMILES string of the molecule is COc1cc(/C=C/[N+](=O)[O-])cc(Br)c1OC(=O)c1ccccc1. The number of rotatable bonds is 5. The van der Waals surface area contributed by atoms with Crippen LogP contribution < -0.4 is 9.47 Å². The first-order valence-electron chi connectivity index (χ1n) is 6.47. The van der Waals surface area contributed by atoms with Crippen LogP contribution in [0.3, 0.4) is 0 Å². The second-order valence-electron chi connectivity index (χ2n) is 4.39. The summed E-state index contributed by atoms with van der Waals surface area (Å²) in [5.41, 5.74) is 0.934. The number of methoxy groups -OCH3 is 1. The fourth-order valence-electron chi connectivity index (χ4n) is 1.81. The maximum absolute atomic E-state index is 12.1. The highest BCUT2D eigenvalue weighted by molar-refractivity contribution is 9.10. The molecule has 0 amide bonds. The van der Waals surface area contributed by atoms with Gasteiger partial charge in [-0.1, -0.05) is 18.2 Å². The lowest BCUT2D eigenvalue weighted by Gasteiger charge is -2.12. The third-order valence-electron chi connectivity index (χ3n) is 2.84. The van der Waals surface area contributed by atoms with Gasteiger partial charge in [0.25, 0.3) is 0 Å². The molecule has 6 nitrogen and oxygen atoms in total. The Morgan fingerprint density at radius 3 is 2.57 bits per heavy atom. The fourth-order valence-corrected chi connectivity index (χ4v) is 2.35. The number of benzene rings is 2. The molecule has 23 heavy (non-hydrogen) atoms. The van der Waals surface area contributed by atoms with Crippen molar-refractivity contribution in [2.24, 2.45) is 0 Å². The van der Waals surface area contributed by atoms with Crippen molar-refractivity contribution in [1.82, 2.24) is 0 Å². The van der Waals surface area contributed by atoms with Gasteiger partial charge in [-0.2, -0.15) is 0 Å². The molecular weight excluding hydrogens is 366 g/mol. The van der Waals surface area contributed by atoms with Gasteiger partial charge in [0, 0.05) is 6.08 Å². The molecule has 0 aliphatic carbocycles. The molecule has 0 bridgehead atoms. The zero-order chi connectivity index (χ0) is 16.8. The van der Waals surface area contributed by atoms with Crippen LogP contribution in [0.25, 0.3) is 6.08 Å². The highest BCUT2D eigenvalue weighted by Gasteiger charge is 2.16. The molecule has 118 valence electrons. The molecule has 2 aromatic rings. The van der Waals surface area contributed by atoms with E-state index in [4.69, 9.17) is 9.47 Å². The highest BCUT2D eigenvalue weighted by atomic mass is 79.9. The van der Waals surface area contributed by atoms with E-state index in [0.29, 0.717) is 15.6 Å². The van der Waals surface area contributed by atoms with Gasteiger partial charge in [-0.3, -0.25) is 10.1 Å². The number of hydrogen-bond acceptors (Lipinski definition) is 5. The van der Waals surface area contributed by atoms with Gasteiger partial charge in [0.15, 0.2) is 11.5 Å². The topological polar surface area (TPSA) is 78.7 Å². The first-order valence-corrected chi connectivity index (χ1v) is 7.27. The Kier molecular flexibility index (Phi) is 5.48. The van der Waals surface area contributed by atoms with Gasteiger partial charge >= 0.3 is 5.97 Å². The Bertz CT molecular complexity index is 759. The highest BCUT2D eigenvalue weighted by Crippen LogP contribution is 2.37. The first kappa shape index (κ1) is 16.7. The van der Waals surface area contributed by atoms with Crippen LogP contribution in [-0.4, -0.2) is 18.0 Å². The van der Waals surface area contributed by atoms with E-state index in [1.807, 2.05) is 0 Å². The van der Waals surface area contributed by atoms with E-state index in [1.165, 1.54) is 13.2 Å². The minimum Gasteiger partial charge on any atom is -0.493 e. The van der Waals surface area contributed by atoms with E-state index < -0.39 is 10.9 Å². The molecule has 0 saturated carbocycles. The van der Waals surface area contributed by atoms with Crippen molar-refractivity contribution in [2.45, 2.75) is 0 Å². The Labute approximate surface area is 140 Å². The molecule has 2 aromatic carbocycles. The summed E-state index contributed by atoms with van der Waals surface area (Å²) in [5, 5.41) is 10.4. The normalized spacial score (nSPS) is 10.5. The fraction of sp³-hybridized carbons (Fsp3) is 0.0625. The number of carbonyl (C=O) groups is 1. The maximum atomic E-state index is 12.1. The van der Waals surface area contributed by atoms with Crippen molar-refractivity contribution in [3.8, 4) is 11.5 Å². The van der Waals surface area contributed by atoms with Crippen molar-refractivity contribution in [2.75, 3.05) is 7.11 Å². The monoisotopic (exact) mass is 377 g/mol. The molecule has 0 fully saturated rings. The minimum absolute atomic E-state index is 0.208. The van der Waals surface area contributed by atoms with E-state index in [2.05, 4.69) is 15.9 Å². The third-order valence-corrected chi connectivity index (χ3v) is 3.43. The van der Waals surface area contributed by atoms with E-state index in [-0.39, 0.29) is 11.5 Å². The van der Waals surface area contributed by atoms with Crippen LogP contribution in [0, 0.1) is 10.1 Å². The predicted molar refractivity (Wildman–Crippen MR) is 88.1 cm³/mol. The average Bonchev–Trinajstić information content (AvgIpc) is 2.55. The van der Waals surface area contributed by atoms with Gasteiger partial charge in [-0.25, -0.2) is 4.79 Å². The molecule has 0 spiro atoms. The molecule has 0 N–H and O–H groups in total. The molecule has 0 aromatic heterocycles. The minimum atomic E-state index is -0.566.